The lowest BCUT2D eigenvalue weighted by Gasteiger charge is -2.41. The average molecular weight is 1050 g/mol. The summed E-state index contributed by atoms with van der Waals surface area (Å²) >= 11 is 0. The van der Waals surface area contributed by atoms with Gasteiger partial charge in [0.2, 0.25) is 19.7 Å². The van der Waals surface area contributed by atoms with Gasteiger partial charge in [-0.3, -0.25) is 9.59 Å². The predicted octanol–water partition coefficient (Wildman–Crippen LogP) is 14.8. The second kappa shape index (κ2) is 20.6. The zero-order chi connectivity index (χ0) is 54.3. The Balaban J connectivity index is 1.16. The summed E-state index contributed by atoms with van der Waals surface area (Å²) in [6.07, 6.45) is 2.70. The lowest BCUT2D eigenvalue weighted by molar-refractivity contribution is -0.0224. The van der Waals surface area contributed by atoms with Crippen LogP contribution in [0.3, 0.4) is 0 Å². The molecule has 3 atom stereocenters. The molecule has 3 unspecified atom stereocenters. The highest BCUT2D eigenvalue weighted by Gasteiger charge is 2.42. The lowest BCUT2D eigenvalue weighted by Crippen LogP contribution is -2.41. The van der Waals surface area contributed by atoms with Crippen LogP contribution in [0.25, 0.3) is 0 Å². The molecule has 0 fully saturated rings. The van der Waals surface area contributed by atoms with Crippen LogP contribution in [0.2, 0.25) is 0 Å². The normalized spacial score (nSPS) is 20.6. The number of sulfone groups is 2. The molecule has 0 radical (unpaired) electrons. The highest BCUT2D eigenvalue weighted by atomic mass is 32.2. The number of carbonyl (C=O) groups is 2. The molecule has 0 aliphatic carbocycles. The minimum Gasteiger partial charge on any atom is -0.483 e. The van der Waals surface area contributed by atoms with E-state index >= 15 is 0 Å². The first-order valence-corrected chi connectivity index (χ1v) is 28.7. The smallest absolute Gasteiger partial charge is 0.206 e. The van der Waals surface area contributed by atoms with Gasteiger partial charge in [0.15, 0.2) is 11.6 Å². The Morgan fingerprint density at radius 1 is 0.487 bits per heavy atom. The van der Waals surface area contributed by atoms with Crippen LogP contribution in [0.5, 0.6) is 11.5 Å². The van der Waals surface area contributed by atoms with E-state index in [1.54, 1.807) is 109 Å². The van der Waals surface area contributed by atoms with Crippen molar-refractivity contribution in [2.24, 2.45) is 0 Å². The van der Waals surface area contributed by atoms with Crippen molar-refractivity contribution >= 4 is 31.2 Å². The molecule has 388 valence electrons. The monoisotopic (exact) mass is 1050 g/mol. The summed E-state index contributed by atoms with van der Waals surface area (Å²) in [6, 6.07) is 56.4. The molecular weight excluding hydrogens is 985 g/mol. The highest BCUT2D eigenvalue weighted by molar-refractivity contribution is 7.91. The molecule has 7 heterocycles. The third kappa shape index (κ3) is 10.8. The standard InChI is InChI=1S/C66H64O8S2/c1-9-64(6)43-42-63(4,5)51-26-36-58(37-27-51)76(71,72)60-40-32-56(33-41-60)74-66(8,54-28-38-59(39-29-54)75(69,70)57-34-12-46(3)13-35-57)44-65(7,53-24-18-49(19-25-53)61(67)47-14-10-45(2)11-15-47)73-55-30-20-50(21-31-55)62(68)48-16-22-52(64)23-17-48/h10-41H,9,42-44H2,1-8H3. The maximum absolute atomic E-state index is 14.3. The fraction of sp³-hybridized carbons (Fsp3) is 0.242. The largest absolute Gasteiger partial charge is 0.483 e. The molecule has 8 bridgehead atoms. The van der Waals surface area contributed by atoms with Crippen molar-refractivity contribution in [1.82, 2.24) is 0 Å². The molecule has 7 aliphatic rings. The molecule has 0 saturated heterocycles. The Bertz CT molecular complexity index is 3630. The van der Waals surface area contributed by atoms with Crippen molar-refractivity contribution in [2.75, 3.05) is 0 Å². The van der Waals surface area contributed by atoms with Gasteiger partial charge in [-0.05, 0) is 165 Å². The number of aryl methyl sites for hydroxylation is 2. The molecule has 0 N–H and O–H groups in total. The summed E-state index contributed by atoms with van der Waals surface area (Å²) in [7, 11) is -7.83. The van der Waals surface area contributed by atoms with Crippen molar-refractivity contribution in [3.05, 3.63) is 250 Å². The Hall–Kier alpha value is -7.40. The van der Waals surface area contributed by atoms with E-state index in [1.807, 2.05) is 88.4 Å². The lowest BCUT2D eigenvalue weighted by atomic mass is 9.70. The third-order valence-corrected chi connectivity index (χ3v) is 19.2. The van der Waals surface area contributed by atoms with Gasteiger partial charge in [-0.25, -0.2) is 16.8 Å². The Kier molecular flexibility index (Phi) is 14.5. The minimum absolute atomic E-state index is 0.0942. The molecule has 8 nitrogen and oxygen atoms in total. The molecular formula is C66H64O8S2. The van der Waals surface area contributed by atoms with Gasteiger partial charge in [0.1, 0.15) is 22.7 Å². The molecule has 0 aromatic heterocycles. The van der Waals surface area contributed by atoms with Gasteiger partial charge < -0.3 is 9.47 Å². The van der Waals surface area contributed by atoms with E-state index in [-0.39, 0.29) is 48.4 Å². The summed E-state index contributed by atoms with van der Waals surface area (Å²) < 4.78 is 70.6. The van der Waals surface area contributed by atoms with Gasteiger partial charge in [0.05, 0.1) is 19.6 Å². The highest BCUT2D eigenvalue weighted by Crippen LogP contribution is 2.44. The molecule has 0 amide bonds. The number of hydrogen-bond acceptors (Lipinski definition) is 8. The quantitative estimate of drug-likeness (QED) is 0.145. The first-order valence-electron chi connectivity index (χ1n) is 25.8. The second-order valence-corrected chi connectivity index (χ2v) is 25.6. The summed E-state index contributed by atoms with van der Waals surface area (Å²) in [4.78, 5) is 28.4. The number of ketones is 2. The maximum atomic E-state index is 14.3. The molecule has 8 aromatic rings. The summed E-state index contributed by atoms with van der Waals surface area (Å²) in [5.74, 6) is 0.542. The fourth-order valence-corrected chi connectivity index (χ4v) is 12.8. The van der Waals surface area contributed by atoms with Gasteiger partial charge >= 0.3 is 0 Å². The molecule has 0 spiro atoms. The summed E-state index contributed by atoms with van der Waals surface area (Å²) in [5.41, 5.74) is 4.54. The molecule has 10 heteroatoms. The van der Waals surface area contributed by atoms with E-state index in [9.17, 15) is 26.4 Å². The van der Waals surface area contributed by atoms with E-state index in [1.165, 1.54) is 12.1 Å². The zero-order valence-electron chi connectivity index (χ0n) is 44.4. The number of carbonyl (C=O) groups excluding carboxylic acids is 2. The van der Waals surface area contributed by atoms with Crippen molar-refractivity contribution in [1.29, 1.82) is 0 Å². The van der Waals surface area contributed by atoms with Crippen LogP contribution >= 0.6 is 0 Å². The van der Waals surface area contributed by atoms with Crippen LogP contribution < -0.4 is 9.47 Å². The van der Waals surface area contributed by atoms with Crippen LogP contribution in [0.1, 0.15) is 132 Å². The molecule has 15 rings (SSSR count). The topological polar surface area (TPSA) is 121 Å². The fourth-order valence-electron chi connectivity index (χ4n) is 10.3. The molecule has 0 saturated carbocycles. The zero-order valence-corrected chi connectivity index (χ0v) is 46.0. The first kappa shape index (κ1) is 53.4. The van der Waals surface area contributed by atoms with E-state index < -0.39 is 30.9 Å². The Morgan fingerprint density at radius 2 is 0.855 bits per heavy atom. The number of ether oxygens (including phenoxy) is 2. The van der Waals surface area contributed by atoms with Crippen molar-refractivity contribution in [2.45, 2.75) is 123 Å². The van der Waals surface area contributed by atoms with Crippen LogP contribution in [0, 0.1) is 13.8 Å². The third-order valence-electron chi connectivity index (χ3n) is 15.7. The van der Waals surface area contributed by atoms with E-state index in [0.717, 1.165) is 41.5 Å². The molecule has 76 heavy (non-hydrogen) atoms. The average Bonchev–Trinajstić information content (AvgIpc) is 3.42. The van der Waals surface area contributed by atoms with Gasteiger partial charge in [-0.2, -0.15) is 0 Å². The van der Waals surface area contributed by atoms with E-state index in [0.29, 0.717) is 44.9 Å². The summed E-state index contributed by atoms with van der Waals surface area (Å²) in [5, 5.41) is 0. The number of hydrogen-bond donors (Lipinski definition) is 0. The molecule has 8 aromatic carbocycles. The maximum Gasteiger partial charge on any atom is 0.206 e. The predicted molar refractivity (Wildman–Crippen MR) is 299 cm³/mol. The number of rotatable bonds is 7. The number of benzene rings is 8. The van der Waals surface area contributed by atoms with Gasteiger partial charge in [0.25, 0.3) is 0 Å². The second-order valence-electron chi connectivity index (χ2n) is 21.7. The SMILES string of the molecule is CCC1(C)CCC(C)(C)c2ccc(cc2)S(=O)(=O)c2ccc(cc2)OC(C)(c2ccc(S(=O)(=O)c3ccc(C)cc3)cc2)CC(C)(c2ccc(C(=O)c3ccc(C)cc3)cc2)Oc2ccc(cc2)C(=O)c2ccc1cc2. The first-order chi connectivity index (χ1) is 36.0. The van der Waals surface area contributed by atoms with Gasteiger partial charge in [-0.1, -0.05) is 148 Å². The van der Waals surface area contributed by atoms with Crippen LogP contribution in [0.15, 0.2) is 214 Å². The van der Waals surface area contributed by atoms with Gasteiger partial charge in [-0.15, -0.1) is 0 Å². The van der Waals surface area contributed by atoms with E-state index in [2.05, 4.69) is 39.8 Å². The van der Waals surface area contributed by atoms with Crippen molar-refractivity contribution in [3.8, 4) is 11.5 Å². The van der Waals surface area contributed by atoms with Gasteiger partial charge in [0, 0.05) is 28.7 Å². The van der Waals surface area contributed by atoms with Crippen molar-refractivity contribution < 1.29 is 35.9 Å². The van der Waals surface area contributed by atoms with Crippen molar-refractivity contribution in [3.63, 3.8) is 0 Å². The molecule has 7 aliphatic heterocycles. The van der Waals surface area contributed by atoms with Crippen LogP contribution in [-0.2, 0) is 41.7 Å². The van der Waals surface area contributed by atoms with E-state index in [4.69, 9.17) is 9.47 Å². The Morgan fingerprint density at radius 3 is 1.33 bits per heavy atom. The van der Waals surface area contributed by atoms with Crippen LogP contribution in [0.4, 0.5) is 0 Å². The Labute approximate surface area is 448 Å². The van der Waals surface area contributed by atoms with Crippen LogP contribution in [-0.4, -0.2) is 28.4 Å². The summed E-state index contributed by atoms with van der Waals surface area (Å²) in [6.45, 7) is 16.5. The minimum atomic E-state index is -3.95.